The molecule has 186 valence electrons. The summed E-state index contributed by atoms with van der Waals surface area (Å²) in [5.41, 5.74) is 1.97. The fraction of sp³-hybridized carbons (Fsp3) is 0.583. The van der Waals surface area contributed by atoms with E-state index in [-0.39, 0.29) is 23.2 Å². The van der Waals surface area contributed by atoms with Gasteiger partial charge in [0.15, 0.2) is 5.79 Å². The highest BCUT2D eigenvalue weighted by molar-refractivity contribution is 6.26. The Hall–Kier alpha value is -1.84. The molecule has 8 nitrogen and oxygen atoms in total. The van der Waals surface area contributed by atoms with Gasteiger partial charge in [-0.3, -0.25) is 14.5 Å². The molecular formula is C24H29Cl2NO7. The van der Waals surface area contributed by atoms with Gasteiger partial charge in [-0.2, -0.15) is 0 Å². The molecule has 0 aromatic heterocycles. The minimum atomic E-state index is -0.766. The maximum Gasteiger partial charge on any atom is 0.232 e. The van der Waals surface area contributed by atoms with E-state index in [9.17, 15) is 9.59 Å². The fourth-order valence-electron chi connectivity index (χ4n) is 4.91. The lowest BCUT2D eigenvalue weighted by molar-refractivity contribution is -0.148. The molecule has 0 N–H and O–H groups in total. The van der Waals surface area contributed by atoms with Crippen molar-refractivity contribution < 1.29 is 33.3 Å². The molecule has 34 heavy (non-hydrogen) atoms. The molecule has 0 radical (unpaired) electrons. The van der Waals surface area contributed by atoms with Crippen molar-refractivity contribution in [3.63, 3.8) is 0 Å². The lowest BCUT2D eigenvalue weighted by atomic mass is 9.86. The van der Waals surface area contributed by atoms with E-state index >= 15 is 0 Å². The SMILES string of the molecule is COC1=C(OC)C(=O)c2c(cc(OCCN(CCCl)CCCl)c3c2CC2OC(C)(C)OC32)C1=O. The molecule has 0 bridgehead atoms. The van der Waals surface area contributed by atoms with Gasteiger partial charge in [0.1, 0.15) is 18.5 Å². The molecular weight excluding hydrogens is 485 g/mol. The number of allylic oxidation sites excluding steroid dienone is 2. The van der Waals surface area contributed by atoms with Crippen LogP contribution < -0.4 is 4.74 Å². The first kappa shape index (κ1) is 25.3. The van der Waals surface area contributed by atoms with Gasteiger partial charge in [-0.1, -0.05) is 0 Å². The molecule has 1 aliphatic heterocycles. The van der Waals surface area contributed by atoms with E-state index in [1.54, 1.807) is 6.07 Å². The average Bonchev–Trinajstić information content (AvgIpc) is 3.27. The monoisotopic (exact) mass is 513 g/mol. The highest BCUT2D eigenvalue weighted by atomic mass is 35.5. The zero-order chi connectivity index (χ0) is 24.6. The summed E-state index contributed by atoms with van der Waals surface area (Å²) in [6.45, 7) is 6.02. The lowest BCUT2D eigenvalue weighted by Gasteiger charge is -2.26. The zero-order valence-corrected chi connectivity index (χ0v) is 21.3. The van der Waals surface area contributed by atoms with Crippen molar-refractivity contribution in [3.8, 4) is 5.75 Å². The van der Waals surface area contributed by atoms with Crippen molar-refractivity contribution in [2.75, 3.05) is 52.2 Å². The predicted molar refractivity (Wildman–Crippen MR) is 126 cm³/mol. The van der Waals surface area contributed by atoms with Crippen LogP contribution in [0.3, 0.4) is 0 Å². The van der Waals surface area contributed by atoms with Crippen LogP contribution in [0.25, 0.3) is 0 Å². The first-order chi connectivity index (χ1) is 16.3. The summed E-state index contributed by atoms with van der Waals surface area (Å²) in [5, 5.41) is 0. The van der Waals surface area contributed by atoms with Crippen LogP contribution >= 0.6 is 23.2 Å². The van der Waals surface area contributed by atoms with Crippen molar-refractivity contribution in [3.05, 3.63) is 39.8 Å². The Morgan fingerprint density at radius 2 is 1.68 bits per heavy atom. The molecule has 4 rings (SSSR count). The number of ketones is 2. The molecule has 1 aromatic carbocycles. The summed E-state index contributed by atoms with van der Waals surface area (Å²) in [7, 11) is 2.69. The van der Waals surface area contributed by atoms with E-state index in [1.807, 2.05) is 13.8 Å². The number of halogens is 2. The standard InChI is InChI=1S/C24H29Cl2NO7/c1-24(2)33-16-11-13-17-14(19(28)22(30-3)23(31-4)20(17)29)12-15(18(13)21(16)34-24)32-10-9-27(7-5-25)8-6-26/h12,16,21H,5-11H2,1-4H3. The Bertz CT molecular complexity index is 1020. The molecule has 1 heterocycles. The third-order valence-electron chi connectivity index (χ3n) is 6.28. The van der Waals surface area contributed by atoms with Crippen molar-refractivity contribution in [1.29, 1.82) is 0 Å². The van der Waals surface area contributed by atoms with E-state index in [1.165, 1.54) is 14.2 Å². The van der Waals surface area contributed by atoms with Gasteiger partial charge in [0, 0.05) is 54.5 Å². The molecule has 0 saturated carbocycles. The van der Waals surface area contributed by atoms with E-state index in [4.69, 9.17) is 46.9 Å². The quantitative estimate of drug-likeness (QED) is 0.439. The van der Waals surface area contributed by atoms with Crippen LogP contribution in [0.4, 0.5) is 0 Å². The van der Waals surface area contributed by atoms with Crippen LogP contribution in [0.5, 0.6) is 5.75 Å². The Balaban J connectivity index is 1.74. The molecule has 1 aromatic rings. The van der Waals surface area contributed by atoms with Crippen molar-refractivity contribution >= 4 is 34.8 Å². The topological polar surface area (TPSA) is 83.5 Å². The lowest BCUT2D eigenvalue weighted by Crippen LogP contribution is -2.32. The number of Topliss-reactive ketones (excluding diaryl/α,β-unsaturated/α-hetero) is 2. The molecule has 0 spiro atoms. The largest absolute Gasteiger partial charge is 0.492 e. The zero-order valence-electron chi connectivity index (χ0n) is 19.7. The summed E-state index contributed by atoms with van der Waals surface area (Å²) in [6, 6.07) is 1.62. The third kappa shape index (κ3) is 4.42. The van der Waals surface area contributed by atoms with Crippen LogP contribution in [-0.4, -0.2) is 80.6 Å². The summed E-state index contributed by atoms with van der Waals surface area (Å²) in [5.74, 6) is -0.339. The number of alkyl halides is 2. The highest BCUT2D eigenvalue weighted by Crippen LogP contribution is 2.52. The van der Waals surface area contributed by atoms with Crippen LogP contribution in [0, 0.1) is 0 Å². The minimum absolute atomic E-state index is 0.104. The van der Waals surface area contributed by atoms with Gasteiger partial charge in [0.25, 0.3) is 0 Å². The number of nitrogens with zero attached hydrogens (tertiary/aromatic N) is 1. The molecule has 0 amide bonds. The Labute approximate surface area is 209 Å². The van der Waals surface area contributed by atoms with Gasteiger partial charge in [0.2, 0.25) is 23.1 Å². The average molecular weight is 514 g/mol. The first-order valence-electron chi connectivity index (χ1n) is 11.2. The van der Waals surface area contributed by atoms with E-state index in [2.05, 4.69) is 4.90 Å². The van der Waals surface area contributed by atoms with Gasteiger partial charge in [0.05, 0.1) is 20.3 Å². The second kappa shape index (κ2) is 10.0. The van der Waals surface area contributed by atoms with Crippen molar-refractivity contribution in [2.45, 2.75) is 38.3 Å². The Kier molecular flexibility index (Phi) is 7.45. The number of fused-ring (bicyclic) bond motifs is 5. The van der Waals surface area contributed by atoms with Crippen molar-refractivity contribution in [1.82, 2.24) is 4.90 Å². The van der Waals surface area contributed by atoms with Gasteiger partial charge in [-0.15, -0.1) is 23.2 Å². The molecule has 3 aliphatic rings. The van der Waals surface area contributed by atoms with Crippen molar-refractivity contribution in [2.24, 2.45) is 0 Å². The van der Waals surface area contributed by atoms with Gasteiger partial charge in [-0.25, -0.2) is 0 Å². The highest BCUT2D eigenvalue weighted by Gasteiger charge is 2.51. The number of rotatable bonds is 10. The molecule has 1 fully saturated rings. The molecule has 2 aliphatic carbocycles. The van der Waals surface area contributed by atoms with Crippen LogP contribution in [0.15, 0.2) is 17.6 Å². The maximum absolute atomic E-state index is 13.4. The Morgan fingerprint density at radius 3 is 2.29 bits per heavy atom. The van der Waals surface area contributed by atoms with Gasteiger partial charge in [-0.05, 0) is 25.5 Å². The number of ether oxygens (including phenoxy) is 5. The number of benzene rings is 1. The number of hydrogen-bond acceptors (Lipinski definition) is 8. The first-order valence-corrected chi connectivity index (χ1v) is 12.3. The fourth-order valence-corrected chi connectivity index (χ4v) is 5.39. The normalized spacial score (nSPS) is 22.7. The third-order valence-corrected chi connectivity index (χ3v) is 6.61. The smallest absolute Gasteiger partial charge is 0.232 e. The summed E-state index contributed by atoms with van der Waals surface area (Å²) in [6.07, 6.45) is -0.273. The summed E-state index contributed by atoms with van der Waals surface area (Å²) < 4.78 is 28.9. The van der Waals surface area contributed by atoms with Crippen LogP contribution in [0.2, 0.25) is 0 Å². The second-order valence-electron chi connectivity index (χ2n) is 8.78. The van der Waals surface area contributed by atoms with E-state index < -0.39 is 23.5 Å². The number of methoxy groups -OCH3 is 2. The molecule has 1 saturated heterocycles. The summed E-state index contributed by atoms with van der Waals surface area (Å²) >= 11 is 11.8. The Morgan fingerprint density at radius 1 is 1.03 bits per heavy atom. The number of carbonyl (C=O) groups excluding carboxylic acids is 2. The van der Waals surface area contributed by atoms with Gasteiger partial charge < -0.3 is 23.7 Å². The number of carbonyl (C=O) groups is 2. The van der Waals surface area contributed by atoms with Crippen LogP contribution in [0.1, 0.15) is 51.8 Å². The van der Waals surface area contributed by atoms with E-state index in [0.29, 0.717) is 61.3 Å². The summed E-state index contributed by atoms with van der Waals surface area (Å²) in [4.78, 5) is 28.7. The van der Waals surface area contributed by atoms with Gasteiger partial charge >= 0.3 is 0 Å². The predicted octanol–water partition coefficient (Wildman–Crippen LogP) is 3.48. The second-order valence-corrected chi connectivity index (χ2v) is 9.54. The minimum Gasteiger partial charge on any atom is -0.492 e. The van der Waals surface area contributed by atoms with Crippen LogP contribution in [-0.2, 0) is 25.4 Å². The number of hydrogen-bond donors (Lipinski definition) is 0. The molecule has 10 heteroatoms. The molecule has 2 unspecified atom stereocenters. The molecule has 2 atom stereocenters. The maximum atomic E-state index is 13.4. The van der Waals surface area contributed by atoms with E-state index in [0.717, 1.165) is 5.56 Å².